The zero-order valence-electron chi connectivity index (χ0n) is 9.75. The molecule has 0 aliphatic rings. The first kappa shape index (κ1) is 12.6. The molecule has 0 amide bonds. The summed E-state index contributed by atoms with van der Waals surface area (Å²) in [6.07, 6.45) is 5.31. The lowest BCUT2D eigenvalue weighted by Crippen LogP contribution is -2.23. The minimum absolute atomic E-state index is 0.650. The lowest BCUT2D eigenvalue weighted by Gasteiger charge is -2.12. The van der Waals surface area contributed by atoms with E-state index in [1.54, 1.807) is 18.0 Å². The molecule has 0 aromatic carbocycles. The summed E-state index contributed by atoms with van der Waals surface area (Å²) < 4.78 is 5.26. The fraction of sp³-hybridized carbons (Fsp3) is 0.727. The van der Waals surface area contributed by atoms with Crippen molar-refractivity contribution in [1.29, 1.82) is 0 Å². The number of hydrogen-bond acceptors (Lipinski definition) is 4. The third-order valence-electron chi connectivity index (χ3n) is 2.42. The lowest BCUT2D eigenvalue weighted by atomic mass is 10.1. The van der Waals surface area contributed by atoms with Crippen LogP contribution >= 0.6 is 11.8 Å². The van der Waals surface area contributed by atoms with Gasteiger partial charge in [0.15, 0.2) is 0 Å². The average Bonchev–Trinajstić information content (AvgIpc) is 2.65. The first-order valence-electron chi connectivity index (χ1n) is 5.48. The highest BCUT2D eigenvalue weighted by Crippen LogP contribution is 2.18. The van der Waals surface area contributed by atoms with Crippen LogP contribution in [0, 0.1) is 6.92 Å². The number of oxazole rings is 1. The van der Waals surface area contributed by atoms with Crippen LogP contribution in [0.25, 0.3) is 0 Å². The molecule has 1 aromatic heterocycles. The molecule has 0 saturated heterocycles. The van der Waals surface area contributed by atoms with E-state index in [1.807, 2.05) is 14.0 Å². The summed E-state index contributed by atoms with van der Waals surface area (Å²) in [6.45, 7) is 4.16. The van der Waals surface area contributed by atoms with Gasteiger partial charge in [0.2, 0.25) is 0 Å². The van der Waals surface area contributed by atoms with Crippen LogP contribution in [-0.4, -0.2) is 23.8 Å². The Balaban J connectivity index is 2.11. The van der Waals surface area contributed by atoms with Crippen molar-refractivity contribution in [2.24, 2.45) is 0 Å². The Labute approximate surface area is 96.0 Å². The monoisotopic (exact) mass is 228 g/mol. The quantitative estimate of drug-likeness (QED) is 0.575. The maximum Gasteiger partial charge on any atom is 0.255 e. The third kappa shape index (κ3) is 4.71. The Morgan fingerprint density at radius 2 is 2.40 bits per heavy atom. The van der Waals surface area contributed by atoms with Gasteiger partial charge in [0.05, 0.1) is 5.69 Å². The number of hydrogen-bond donors (Lipinski definition) is 1. The molecule has 0 saturated carbocycles. The zero-order chi connectivity index (χ0) is 11.1. The Kier molecular flexibility index (Phi) is 5.79. The molecule has 15 heavy (non-hydrogen) atoms. The van der Waals surface area contributed by atoms with Crippen molar-refractivity contribution in [3.05, 3.63) is 12.0 Å². The van der Waals surface area contributed by atoms with Gasteiger partial charge in [-0.15, -0.1) is 0 Å². The molecule has 3 nitrogen and oxygen atoms in total. The molecule has 4 heteroatoms. The molecule has 1 atom stereocenters. The van der Waals surface area contributed by atoms with Gasteiger partial charge in [-0.05, 0) is 33.2 Å². The Bertz CT molecular complexity index is 271. The summed E-state index contributed by atoms with van der Waals surface area (Å²) in [6, 6.07) is 0.650. The average molecular weight is 228 g/mol. The summed E-state index contributed by atoms with van der Waals surface area (Å²) >= 11 is 1.70. The van der Waals surface area contributed by atoms with Gasteiger partial charge < -0.3 is 9.73 Å². The van der Waals surface area contributed by atoms with Gasteiger partial charge in [-0.2, -0.15) is 0 Å². The van der Waals surface area contributed by atoms with Gasteiger partial charge in [-0.3, -0.25) is 0 Å². The van der Waals surface area contributed by atoms with E-state index < -0.39 is 0 Å². The molecule has 0 fully saturated rings. The molecule has 1 rings (SSSR count). The van der Waals surface area contributed by atoms with Crippen LogP contribution < -0.4 is 5.32 Å². The van der Waals surface area contributed by atoms with Gasteiger partial charge in [0.25, 0.3) is 5.22 Å². The molecular weight excluding hydrogens is 208 g/mol. The van der Waals surface area contributed by atoms with E-state index in [-0.39, 0.29) is 0 Å². The number of aryl methyl sites for hydroxylation is 1. The van der Waals surface area contributed by atoms with E-state index in [4.69, 9.17) is 4.42 Å². The van der Waals surface area contributed by atoms with Gasteiger partial charge in [-0.1, -0.05) is 18.7 Å². The van der Waals surface area contributed by atoms with Crippen molar-refractivity contribution >= 4 is 11.8 Å². The predicted molar refractivity (Wildman–Crippen MR) is 64.3 cm³/mol. The Morgan fingerprint density at radius 1 is 1.60 bits per heavy atom. The molecule has 1 aromatic rings. The van der Waals surface area contributed by atoms with Crippen LogP contribution in [0.1, 0.15) is 31.9 Å². The second-order valence-electron chi connectivity index (χ2n) is 3.64. The van der Waals surface area contributed by atoms with Crippen molar-refractivity contribution in [3.63, 3.8) is 0 Å². The highest BCUT2D eigenvalue weighted by atomic mass is 32.2. The second-order valence-corrected chi connectivity index (χ2v) is 4.69. The molecular formula is C11H20N2OS. The van der Waals surface area contributed by atoms with E-state index in [2.05, 4.69) is 17.2 Å². The van der Waals surface area contributed by atoms with Gasteiger partial charge >= 0.3 is 0 Å². The first-order chi connectivity index (χ1) is 7.26. The van der Waals surface area contributed by atoms with Crippen molar-refractivity contribution < 1.29 is 4.42 Å². The molecule has 0 radical (unpaired) electrons. The fourth-order valence-electron chi connectivity index (χ4n) is 1.44. The minimum atomic E-state index is 0.650. The van der Waals surface area contributed by atoms with Crippen molar-refractivity contribution in [2.75, 3.05) is 12.8 Å². The molecule has 86 valence electrons. The predicted octanol–water partition coefficient (Wildman–Crippen LogP) is 2.85. The molecule has 1 heterocycles. The minimum Gasteiger partial charge on any atom is -0.440 e. The molecule has 0 spiro atoms. The summed E-state index contributed by atoms with van der Waals surface area (Å²) in [4.78, 5) is 4.25. The van der Waals surface area contributed by atoms with Crippen LogP contribution in [0.4, 0.5) is 0 Å². The van der Waals surface area contributed by atoms with Crippen molar-refractivity contribution in [3.8, 4) is 0 Å². The number of nitrogens with zero attached hydrogens (tertiary/aromatic N) is 1. The van der Waals surface area contributed by atoms with Gasteiger partial charge in [0.1, 0.15) is 6.26 Å². The highest BCUT2D eigenvalue weighted by Gasteiger charge is 2.04. The maximum absolute atomic E-state index is 5.26. The standard InChI is InChI=1S/C11H20N2OS/c1-4-10(12-3)6-5-7-15-11-13-9(2)8-14-11/h8,10,12H,4-7H2,1-3H3. The Morgan fingerprint density at radius 3 is 2.93 bits per heavy atom. The zero-order valence-corrected chi connectivity index (χ0v) is 10.6. The lowest BCUT2D eigenvalue weighted by molar-refractivity contribution is 0.453. The SMILES string of the molecule is CCC(CCCSc1nc(C)co1)NC. The number of nitrogens with one attached hydrogen (secondary N) is 1. The van der Waals surface area contributed by atoms with E-state index in [0.717, 1.165) is 16.7 Å². The van der Waals surface area contributed by atoms with E-state index in [1.165, 1.54) is 19.3 Å². The first-order valence-corrected chi connectivity index (χ1v) is 6.47. The van der Waals surface area contributed by atoms with Crippen LogP contribution in [-0.2, 0) is 0 Å². The normalized spacial score (nSPS) is 13.0. The third-order valence-corrected chi connectivity index (χ3v) is 3.35. The van der Waals surface area contributed by atoms with Crippen LogP contribution in [0.3, 0.4) is 0 Å². The van der Waals surface area contributed by atoms with E-state index in [0.29, 0.717) is 6.04 Å². The molecule has 0 aliphatic carbocycles. The van der Waals surface area contributed by atoms with Gasteiger partial charge in [0, 0.05) is 11.8 Å². The summed E-state index contributed by atoms with van der Waals surface area (Å²) in [5.74, 6) is 1.08. The number of rotatable bonds is 7. The second kappa shape index (κ2) is 6.90. The smallest absolute Gasteiger partial charge is 0.255 e. The summed E-state index contributed by atoms with van der Waals surface area (Å²) in [5.41, 5.74) is 0.958. The summed E-state index contributed by atoms with van der Waals surface area (Å²) in [5, 5.41) is 4.10. The van der Waals surface area contributed by atoms with E-state index >= 15 is 0 Å². The van der Waals surface area contributed by atoms with Crippen molar-refractivity contribution in [2.45, 2.75) is 44.4 Å². The van der Waals surface area contributed by atoms with E-state index in [9.17, 15) is 0 Å². The van der Waals surface area contributed by atoms with Crippen molar-refractivity contribution in [1.82, 2.24) is 10.3 Å². The highest BCUT2D eigenvalue weighted by molar-refractivity contribution is 7.99. The molecule has 1 N–H and O–H groups in total. The molecule has 1 unspecified atom stereocenters. The van der Waals surface area contributed by atoms with Crippen LogP contribution in [0.2, 0.25) is 0 Å². The summed E-state index contributed by atoms with van der Waals surface area (Å²) in [7, 11) is 2.03. The van der Waals surface area contributed by atoms with Crippen LogP contribution in [0.5, 0.6) is 0 Å². The fourth-order valence-corrected chi connectivity index (χ4v) is 2.25. The molecule has 0 aliphatic heterocycles. The van der Waals surface area contributed by atoms with Crippen LogP contribution in [0.15, 0.2) is 15.9 Å². The number of thioether (sulfide) groups is 1. The maximum atomic E-state index is 5.26. The van der Waals surface area contributed by atoms with Gasteiger partial charge in [-0.25, -0.2) is 4.98 Å². The largest absolute Gasteiger partial charge is 0.440 e. The Hall–Kier alpha value is -0.480. The number of aromatic nitrogens is 1. The topological polar surface area (TPSA) is 38.1 Å². The molecule has 0 bridgehead atoms.